The fourth-order valence-electron chi connectivity index (χ4n) is 3.90. The lowest BCUT2D eigenvalue weighted by molar-refractivity contribution is -0.114. The third kappa shape index (κ3) is 5.53. The number of rotatable bonds is 9. The molecule has 4 rings (SSSR count). The third-order valence-electron chi connectivity index (χ3n) is 5.82. The number of sulfonamides is 2. The summed E-state index contributed by atoms with van der Waals surface area (Å²) < 4.78 is 59.9. The molecule has 0 aliphatic carbocycles. The minimum absolute atomic E-state index is 0.0106. The fourth-order valence-corrected chi connectivity index (χ4v) is 6.84. The quantitative estimate of drug-likeness (QED) is 0.455. The maximum absolute atomic E-state index is 13.4. The predicted molar refractivity (Wildman–Crippen MR) is 137 cm³/mol. The van der Waals surface area contributed by atoms with Crippen molar-refractivity contribution < 1.29 is 26.4 Å². The highest BCUT2D eigenvalue weighted by molar-refractivity contribution is 7.92. The molecule has 1 N–H and O–H groups in total. The number of hydrogen-bond donors (Lipinski definition) is 1. The smallest absolute Gasteiger partial charge is 0.264 e. The van der Waals surface area contributed by atoms with Crippen LogP contribution in [0.3, 0.4) is 0 Å². The molecule has 190 valence electrons. The molecule has 1 amide bonds. The van der Waals surface area contributed by atoms with E-state index in [9.17, 15) is 21.6 Å². The number of carbonyl (C=O) groups excluding carboxylic acids is 1. The first-order valence-electron chi connectivity index (χ1n) is 11.3. The van der Waals surface area contributed by atoms with Crippen molar-refractivity contribution in [1.29, 1.82) is 0 Å². The van der Waals surface area contributed by atoms with E-state index in [1.165, 1.54) is 59.9 Å². The van der Waals surface area contributed by atoms with E-state index in [-0.39, 0.29) is 9.79 Å². The van der Waals surface area contributed by atoms with Crippen LogP contribution in [0.1, 0.15) is 12.8 Å². The average molecular weight is 530 g/mol. The second kappa shape index (κ2) is 10.7. The minimum Gasteiger partial charge on any atom is -0.497 e. The van der Waals surface area contributed by atoms with Gasteiger partial charge in [-0.25, -0.2) is 16.8 Å². The number of nitrogens with zero attached hydrogens (tertiary/aromatic N) is 2. The van der Waals surface area contributed by atoms with Gasteiger partial charge in [0.1, 0.15) is 12.3 Å². The SMILES string of the molecule is COc1ccc(S(=O)(=O)N(CC(=O)Nc2ccc(S(=O)(=O)N3CCCC3)cc2)c2ccccc2)cc1. The van der Waals surface area contributed by atoms with E-state index in [0.717, 1.165) is 17.1 Å². The van der Waals surface area contributed by atoms with E-state index >= 15 is 0 Å². The van der Waals surface area contributed by atoms with Gasteiger partial charge < -0.3 is 10.1 Å². The molecule has 11 heteroatoms. The van der Waals surface area contributed by atoms with Gasteiger partial charge in [-0.2, -0.15) is 4.31 Å². The van der Waals surface area contributed by atoms with Crippen molar-refractivity contribution in [3.8, 4) is 5.75 Å². The Labute approximate surface area is 211 Å². The van der Waals surface area contributed by atoms with Crippen molar-refractivity contribution in [1.82, 2.24) is 4.31 Å². The summed E-state index contributed by atoms with van der Waals surface area (Å²) in [4.78, 5) is 13.1. The first kappa shape index (κ1) is 25.7. The van der Waals surface area contributed by atoms with Crippen molar-refractivity contribution in [3.05, 3.63) is 78.9 Å². The molecule has 0 unspecified atom stereocenters. The van der Waals surface area contributed by atoms with Crippen molar-refractivity contribution in [2.75, 3.05) is 36.4 Å². The van der Waals surface area contributed by atoms with Crippen molar-refractivity contribution in [2.24, 2.45) is 0 Å². The van der Waals surface area contributed by atoms with Gasteiger partial charge in [0, 0.05) is 18.8 Å². The fraction of sp³-hybridized carbons (Fsp3) is 0.240. The highest BCUT2D eigenvalue weighted by atomic mass is 32.2. The topological polar surface area (TPSA) is 113 Å². The summed E-state index contributed by atoms with van der Waals surface area (Å²) >= 11 is 0. The lowest BCUT2D eigenvalue weighted by atomic mass is 10.3. The number of methoxy groups -OCH3 is 1. The summed E-state index contributed by atoms with van der Waals surface area (Å²) in [7, 11) is -6.16. The summed E-state index contributed by atoms with van der Waals surface area (Å²) in [6, 6.07) is 20.1. The number of anilines is 2. The third-order valence-corrected chi connectivity index (χ3v) is 9.52. The first-order valence-corrected chi connectivity index (χ1v) is 14.2. The molecule has 0 radical (unpaired) electrons. The van der Waals surface area contributed by atoms with Crippen LogP contribution in [0.4, 0.5) is 11.4 Å². The summed E-state index contributed by atoms with van der Waals surface area (Å²) in [5, 5.41) is 2.66. The van der Waals surface area contributed by atoms with Crippen LogP contribution in [-0.2, 0) is 24.8 Å². The summed E-state index contributed by atoms with van der Waals surface area (Å²) in [6.45, 7) is 0.518. The number of ether oxygens (including phenoxy) is 1. The van der Waals surface area contributed by atoms with E-state index in [2.05, 4.69) is 5.32 Å². The van der Waals surface area contributed by atoms with Gasteiger partial charge in [-0.15, -0.1) is 0 Å². The number of carbonyl (C=O) groups is 1. The molecule has 1 fully saturated rings. The normalized spacial score (nSPS) is 14.4. The van der Waals surface area contributed by atoms with E-state index < -0.39 is 32.5 Å². The number of para-hydroxylation sites is 1. The predicted octanol–water partition coefficient (Wildman–Crippen LogP) is 3.31. The minimum atomic E-state index is -4.07. The second-order valence-electron chi connectivity index (χ2n) is 8.21. The summed E-state index contributed by atoms with van der Waals surface area (Å²) in [5.41, 5.74) is 0.686. The maximum Gasteiger partial charge on any atom is 0.264 e. The molecule has 0 bridgehead atoms. The van der Waals surface area contributed by atoms with Crippen molar-refractivity contribution >= 4 is 37.3 Å². The molecule has 3 aromatic carbocycles. The van der Waals surface area contributed by atoms with Crippen molar-refractivity contribution in [2.45, 2.75) is 22.6 Å². The zero-order chi connectivity index (χ0) is 25.8. The average Bonchev–Trinajstić information content (AvgIpc) is 3.44. The Morgan fingerprint density at radius 1 is 0.861 bits per heavy atom. The van der Waals surface area contributed by atoms with Crippen LogP contribution < -0.4 is 14.4 Å². The number of hydrogen-bond acceptors (Lipinski definition) is 6. The molecule has 9 nitrogen and oxygen atoms in total. The summed E-state index contributed by atoms with van der Waals surface area (Å²) in [5.74, 6) is -0.0702. The monoisotopic (exact) mass is 529 g/mol. The van der Waals surface area contributed by atoms with Crippen LogP contribution in [0.5, 0.6) is 5.75 Å². The standard InChI is InChI=1S/C25H27N3O6S2/c1-34-22-11-15-24(16-12-22)36(32,33)28(21-7-3-2-4-8-21)19-25(29)26-20-9-13-23(14-10-20)35(30,31)27-17-5-6-18-27/h2-4,7-16H,5-6,17-19H2,1H3,(H,26,29). The van der Waals surface area contributed by atoms with Gasteiger partial charge in [-0.3, -0.25) is 9.10 Å². The highest BCUT2D eigenvalue weighted by Gasteiger charge is 2.28. The van der Waals surface area contributed by atoms with E-state index in [1.807, 2.05) is 0 Å². The van der Waals surface area contributed by atoms with Crippen molar-refractivity contribution in [3.63, 3.8) is 0 Å². The summed E-state index contributed by atoms with van der Waals surface area (Å²) in [6.07, 6.45) is 1.68. The molecule has 36 heavy (non-hydrogen) atoms. The Kier molecular flexibility index (Phi) is 7.62. The zero-order valence-electron chi connectivity index (χ0n) is 19.7. The Morgan fingerprint density at radius 3 is 2.03 bits per heavy atom. The molecular formula is C25H27N3O6S2. The molecule has 3 aromatic rings. The van der Waals surface area contributed by atoms with Gasteiger partial charge in [-0.05, 0) is 73.5 Å². The van der Waals surface area contributed by atoms with Crippen LogP contribution in [0.25, 0.3) is 0 Å². The highest BCUT2D eigenvalue weighted by Crippen LogP contribution is 2.26. The Balaban J connectivity index is 1.53. The lowest BCUT2D eigenvalue weighted by Gasteiger charge is -2.24. The van der Waals surface area contributed by atoms with Gasteiger partial charge in [0.2, 0.25) is 15.9 Å². The maximum atomic E-state index is 13.4. The number of amides is 1. The molecular weight excluding hydrogens is 502 g/mol. The largest absolute Gasteiger partial charge is 0.497 e. The zero-order valence-corrected chi connectivity index (χ0v) is 21.3. The van der Waals surface area contributed by atoms with Crippen LogP contribution in [-0.4, -0.2) is 53.8 Å². The van der Waals surface area contributed by atoms with E-state index in [4.69, 9.17) is 4.74 Å². The molecule has 1 saturated heterocycles. The van der Waals surface area contributed by atoms with Gasteiger partial charge >= 0.3 is 0 Å². The molecule has 1 heterocycles. The van der Waals surface area contributed by atoms with Gasteiger partial charge in [0.25, 0.3) is 10.0 Å². The Hall–Kier alpha value is -3.41. The first-order chi connectivity index (χ1) is 17.2. The molecule has 1 aliphatic heterocycles. The van der Waals surface area contributed by atoms with Crippen LogP contribution in [0.2, 0.25) is 0 Å². The second-order valence-corrected chi connectivity index (χ2v) is 12.0. The van der Waals surface area contributed by atoms with Crippen LogP contribution >= 0.6 is 0 Å². The number of benzene rings is 3. The number of nitrogens with one attached hydrogen (secondary N) is 1. The molecule has 0 saturated carbocycles. The Morgan fingerprint density at radius 2 is 1.44 bits per heavy atom. The van der Waals surface area contributed by atoms with Gasteiger partial charge in [0.05, 0.1) is 22.6 Å². The molecule has 1 aliphatic rings. The molecule has 0 atom stereocenters. The van der Waals surface area contributed by atoms with E-state index in [1.54, 1.807) is 30.3 Å². The molecule has 0 aromatic heterocycles. The molecule has 0 spiro atoms. The van der Waals surface area contributed by atoms with Gasteiger partial charge in [-0.1, -0.05) is 18.2 Å². The van der Waals surface area contributed by atoms with Crippen LogP contribution in [0, 0.1) is 0 Å². The van der Waals surface area contributed by atoms with E-state index in [0.29, 0.717) is 30.2 Å². The lowest BCUT2D eigenvalue weighted by Crippen LogP contribution is -2.38. The van der Waals surface area contributed by atoms with Gasteiger partial charge in [0.15, 0.2) is 0 Å². The Bertz CT molecular complexity index is 1400. The van der Waals surface area contributed by atoms with Crippen LogP contribution in [0.15, 0.2) is 88.7 Å².